The Balaban J connectivity index is 1.58. The second-order valence-corrected chi connectivity index (χ2v) is 8.68. The summed E-state index contributed by atoms with van der Waals surface area (Å²) in [5.41, 5.74) is 4.68. The first-order chi connectivity index (χ1) is 14.3. The van der Waals surface area contributed by atoms with Gasteiger partial charge in [0.05, 0.1) is 16.8 Å². The first-order valence-electron chi connectivity index (χ1n) is 9.29. The highest BCUT2D eigenvalue weighted by Gasteiger charge is 2.10. The highest BCUT2D eigenvalue weighted by atomic mass is 32.2. The zero-order valence-corrected chi connectivity index (χ0v) is 17.5. The Morgan fingerprint density at radius 2 is 1.83 bits per heavy atom. The third kappa shape index (κ3) is 4.12. The van der Waals surface area contributed by atoms with Gasteiger partial charge in [0.1, 0.15) is 5.82 Å². The van der Waals surface area contributed by atoms with E-state index in [-0.39, 0.29) is 4.90 Å². The van der Waals surface area contributed by atoms with Crippen molar-refractivity contribution in [3.8, 4) is 11.3 Å². The van der Waals surface area contributed by atoms with E-state index >= 15 is 0 Å². The molecule has 0 fully saturated rings. The quantitative estimate of drug-likeness (QED) is 0.495. The SMILES string of the molecule is CN(C)c1cccc(-c2cnc3ccc(NCc4ccc(S(N)(=O)=O)cc4)nn23)c1. The van der Waals surface area contributed by atoms with Crippen LogP contribution in [0.4, 0.5) is 11.5 Å². The van der Waals surface area contributed by atoms with E-state index in [1.54, 1.807) is 16.6 Å². The predicted octanol–water partition coefficient (Wildman–Crippen LogP) is 2.72. The number of fused-ring (bicyclic) bond motifs is 1. The van der Waals surface area contributed by atoms with Crippen LogP contribution in [0.25, 0.3) is 16.9 Å². The second-order valence-electron chi connectivity index (χ2n) is 7.12. The Morgan fingerprint density at radius 3 is 2.53 bits per heavy atom. The Kier molecular flexibility index (Phi) is 5.15. The van der Waals surface area contributed by atoms with Gasteiger partial charge in [0.25, 0.3) is 0 Å². The van der Waals surface area contributed by atoms with Gasteiger partial charge in [-0.05, 0) is 42.0 Å². The number of primary sulfonamides is 1. The average molecular weight is 423 g/mol. The summed E-state index contributed by atoms with van der Waals surface area (Å²) in [4.78, 5) is 6.59. The van der Waals surface area contributed by atoms with Gasteiger partial charge < -0.3 is 10.2 Å². The maximum atomic E-state index is 11.4. The molecule has 30 heavy (non-hydrogen) atoms. The third-order valence-corrected chi connectivity index (χ3v) is 5.68. The fourth-order valence-electron chi connectivity index (χ4n) is 3.10. The third-order valence-electron chi connectivity index (χ3n) is 4.75. The average Bonchev–Trinajstić information content (AvgIpc) is 3.15. The number of anilines is 2. The number of sulfonamides is 1. The van der Waals surface area contributed by atoms with Crippen molar-refractivity contribution in [2.45, 2.75) is 11.4 Å². The van der Waals surface area contributed by atoms with Crippen LogP contribution in [0, 0.1) is 0 Å². The van der Waals surface area contributed by atoms with Crippen molar-refractivity contribution < 1.29 is 8.42 Å². The van der Waals surface area contributed by atoms with E-state index in [9.17, 15) is 8.42 Å². The molecule has 0 aliphatic rings. The summed E-state index contributed by atoms with van der Waals surface area (Å²) in [5.74, 6) is 0.682. The lowest BCUT2D eigenvalue weighted by molar-refractivity contribution is 0.598. The second kappa shape index (κ2) is 7.77. The summed E-state index contributed by atoms with van der Waals surface area (Å²) in [6, 6.07) is 18.4. The largest absolute Gasteiger partial charge is 0.378 e. The molecule has 4 aromatic rings. The Hall–Kier alpha value is -3.43. The van der Waals surface area contributed by atoms with Gasteiger partial charge in [-0.3, -0.25) is 0 Å². The molecule has 0 atom stereocenters. The van der Waals surface area contributed by atoms with E-state index in [0.717, 1.165) is 28.2 Å². The van der Waals surface area contributed by atoms with Gasteiger partial charge in [0, 0.05) is 31.9 Å². The number of hydrogen-bond donors (Lipinski definition) is 2. The van der Waals surface area contributed by atoms with Gasteiger partial charge in [-0.25, -0.2) is 23.1 Å². The van der Waals surface area contributed by atoms with Gasteiger partial charge >= 0.3 is 0 Å². The zero-order valence-electron chi connectivity index (χ0n) is 16.6. The van der Waals surface area contributed by atoms with E-state index in [1.807, 2.05) is 55.5 Å². The van der Waals surface area contributed by atoms with Crippen LogP contribution in [0.5, 0.6) is 0 Å². The monoisotopic (exact) mass is 422 g/mol. The molecular formula is C21H22N6O2S. The fraction of sp³-hybridized carbons (Fsp3) is 0.143. The molecule has 0 amide bonds. The molecule has 4 rings (SSSR count). The number of nitrogens with two attached hydrogens (primary N) is 1. The minimum Gasteiger partial charge on any atom is -0.378 e. The van der Waals surface area contributed by atoms with E-state index < -0.39 is 10.0 Å². The summed E-state index contributed by atoms with van der Waals surface area (Å²) in [7, 11) is 0.316. The molecule has 0 unspecified atom stereocenters. The highest BCUT2D eigenvalue weighted by molar-refractivity contribution is 7.89. The van der Waals surface area contributed by atoms with Gasteiger partial charge in [-0.2, -0.15) is 0 Å². The molecule has 0 aliphatic carbocycles. The lowest BCUT2D eigenvalue weighted by atomic mass is 10.1. The fourth-order valence-corrected chi connectivity index (χ4v) is 3.61. The van der Waals surface area contributed by atoms with Crippen molar-refractivity contribution in [2.75, 3.05) is 24.3 Å². The van der Waals surface area contributed by atoms with Crippen LogP contribution in [0.1, 0.15) is 5.56 Å². The molecule has 0 spiro atoms. The number of hydrogen-bond acceptors (Lipinski definition) is 6. The standard InChI is InChI=1S/C21H22N6O2S/c1-26(2)17-5-3-4-16(12-17)19-14-24-21-11-10-20(25-27(19)21)23-13-15-6-8-18(9-7-15)30(22,28)29/h3-12,14H,13H2,1-2H3,(H,23,25)(H2,22,28,29). The number of aromatic nitrogens is 3. The maximum absolute atomic E-state index is 11.4. The minimum absolute atomic E-state index is 0.0915. The predicted molar refractivity (Wildman–Crippen MR) is 118 cm³/mol. The summed E-state index contributed by atoms with van der Waals surface area (Å²) in [5, 5.41) is 13.1. The van der Waals surface area contributed by atoms with Crippen LogP contribution in [0.3, 0.4) is 0 Å². The Morgan fingerprint density at radius 1 is 1.07 bits per heavy atom. The minimum atomic E-state index is -3.69. The van der Waals surface area contributed by atoms with Crippen molar-refractivity contribution in [1.82, 2.24) is 14.6 Å². The molecule has 0 radical (unpaired) electrons. The van der Waals surface area contributed by atoms with Crippen LogP contribution in [0.15, 0.2) is 71.8 Å². The van der Waals surface area contributed by atoms with Crippen LogP contribution in [-0.4, -0.2) is 37.1 Å². The number of nitrogens with one attached hydrogen (secondary N) is 1. The summed E-state index contributed by atoms with van der Waals surface area (Å²) < 4.78 is 24.5. The summed E-state index contributed by atoms with van der Waals surface area (Å²) in [6.07, 6.45) is 1.81. The molecule has 0 saturated heterocycles. The van der Waals surface area contributed by atoms with Crippen LogP contribution < -0.4 is 15.4 Å². The molecule has 0 saturated carbocycles. The van der Waals surface area contributed by atoms with Gasteiger partial charge in [0.15, 0.2) is 5.65 Å². The summed E-state index contributed by atoms with van der Waals surface area (Å²) in [6.45, 7) is 0.490. The van der Waals surface area contributed by atoms with E-state index in [1.165, 1.54) is 12.1 Å². The van der Waals surface area contributed by atoms with E-state index in [0.29, 0.717) is 12.4 Å². The molecule has 0 bridgehead atoms. The number of nitrogens with zero attached hydrogens (tertiary/aromatic N) is 4. The molecule has 2 heterocycles. The maximum Gasteiger partial charge on any atom is 0.238 e. The summed E-state index contributed by atoms with van der Waals surface area (Å²) >= 11 is 0. The number of benzene rings is 2. The van der Waals surface area contributed by atoms with Gasteiger partial charge in [-0.1, -0.05) is 24.3 Å². The van der Waals surface area contributed by atoms with E-state index in [2.05, 4.69) is 21.5 Å². The molecule has 3 N–H and O–H groups in total. The van der Waals surface area contributed by atoms with Crippen molar-refractivity contribution >= 4 is 27.2 Å². The van der Waals surface area contributed by atoms with Crippen molar-refractivity contribution in [1.29, 1.82) is 0 Å². The molecule has 0 aliphatic heterocycles. The van der Waals surface area contributed by atoms with Crippen molar-refractivity contribution in [3.63, 3.8) is 0 Å². The van der Waals surface area contributed by atoms with Gasteiger partial charge in [-0.15, -0.1) is 5.10 Å². The topological polar surface area (TPSA) is 106 Å². The lowest BCUT2D eigenvalue weighted by Crippen LogP contribution is -2.12. The zero-order chi connectivity index (χ0) is 21.3. The van der Waals surface area contributed by atoms with Crippen molar-refractivity contribution in [2.24, 2.45) is 5.14 Å². The van der Waals surface area contributed by atoms with Crippen LogP contribution >= 0.6 is 0 Å². The number of imidazole rings is 1. The van der Waals surface area contributed by atoms with Crippen LogP contribution in [-0.2, 0) is 16.6 Å². The molecule has 8 nitrogen and oxygen atoms in total. The Bertz CT molecular complexity index is 1300. The van der Waals surface area contributed by atoms with Crippen molar-refractivity contribution in [3.05, 3.63) is 72.4 Å². The molecule has 2 aromatic carbocycles. The van der Waals surface area contributed by atoms with Gasteiger partial charge in [0.2, 0.25) is 10.0 Å². The van der Waals surface area contributed by atoms with Crippen LogP contribution in [0.2, 0.25) is 0 Å². The number of rotatable bonds is 6. The molecule has 9 heteroatoms. The normalized spacial score (nSPS) is 11.6. The Labute approximate surface area is 175 Å². The first-order valence-corrected chi connectivity index (χ1v) is 10.8. The smallest absolute Gasteiger partial charge is 0.238 e. The lowest BCUT2D eigenvalue weighted by Gasteiger charge is -2.13. The van der Waals surface area contributed by atoms with E-state index in [4.69, 9.17) is 5.14 Å². The first kappa shape index (κ1) is 19.9. The molecular weight excluding hydrogens is 400 g/mol. The molecule has 154 valence electrons. The highest BCUT2D eigenvalue weighted by Crippen LogP contribution is 2.25. The molecule has 2 aromatic heterocycles.